The molecule has 0 bridgehead atoms. The molecule has 2 aliphatic heterocycles. The number of rotatable bonds is 6. The molecule has 2 saturated heterocycles. The van der Waals surface area contributed by atoms with Crippen molar-refractivity contribution in [2.75, 3.05) is 23.3 Å². The van der Waals surface area contributed by atoms with Gasteiger partial charge in [-0.1, -0.05) is 42.5 Å². The van der Waals surface area contributed by atoms with Crippen molar-refractivity contribution in [2.45, 2.75) is 38.1 Å². The Hall–Kier alpha value is -4.46. The van der Waals surface area contributed by atoms with Crippen LogP contribution in [-0.4, -0.2) is 46.7 Å². The van der Waals surface area contributed by atoms with Crippen molar-refractivity contribution in [3.63, 3.8) is 0 Å². The van der Waals surface area contributed by atoms with Gasteiger partial charge in [-0.25, -0.2) is 4.39 Å². The van der Waals surface area contributed by atoms with E-state index >= 15 is 4.39 Å². The summed E-state index contributed by atoms with van der Waals surface area (Å²) in [6.07, 6.45) is 3.01. The number of likely N-dealkylation sites (tertiary alicyclic amines) is 1. The third-order valence-electron chi connectivity index (χ3n) is 7.62. The van der Waals surface area contributed by atoms with E-state index in [1.165, 1.54) is 0 Å². The number of aromatic amines is 1. The predicted octanol–water partition coefficient (Wildman–Crippen LogP) is 5.27. The maximum atomic E-state index is 15.5. The molecule has 0 saturated carbocycles. The summed E-state index contributed by atoms with van der Waals surface area (Å²) in [5.74, 6) is -0.644. The number of fused-ring (bicyclic) bond motifs is 1. The van der Waals surface area contributed by atoms with Crippen LogP contribution in [0.4, 0.5) is 15.8 Å². The lowest BCUT2D eigenvalue weighted by Gasteiger charge is -2.24. The van der Waals surface area contributed by atoms with E-state index in [-0.39, 0.29) is 24.1 Å². The second-order valence-corrected chi connectivity index (χ2v) is 10.2. The van der Waals surface area contributed by atoms with Crippen LogP contribution in [0.25, 0.3) is 22.2 Å². The topological polar surface area (TPSA) is 85.5 Å². The average Bonchev–Trinajstić information content (AvgIpc) is 3.69. The number of hydrogen-bond acceptors (Lipinski definition) is 3. The zero-order chi connectivity index (χ0) is 26.9. The number of nitrogens with one attached hydrogen (secondary N) is 2. The lowest BCUT2D eigenvalue weighted by Crippen LogP contribution is -2.43. The molecule has 8 heteroatoms. The summed E-state index contributed by atoms with van der Waals surface area (Å²) >= 11 is 0. The molecule has 4 aromatic rings. The zero-order valence-corrected chi connectivity index (χ0v) is 21.5. The third-order valence-corrected chi connectivity index (χ3v) is 7.62. The summed E-state index contributed by atoms with van der Waals surface area (Å²) in [5, 5.41) is 3.26. The van der Waals surface area contributed by atoms with E-state index in [0.29, 0.717) is 53.8 Å². The Morgan fingerprint density at radius 2 is 1.77 bits per heavy atom. The van der Waals surface area contributed by atoms with Crippen molar-refractivity contribution in [3.8, 4) is 11.3 Å². The third kappa shape index (κ3) is 4.90. The summed E-state index contributed by atoms with van der Waals surface area (Å²) in [4.78, 5) is 44.6. The lowest BCUT2D eigenvalue weighted by atomic mass is 10.1. The van der Waals surface area contributed by atoms with Crippen molar-refractivity contribution in [1.82, 2.24) is 9.88 Å². The molecule has 3 heterocycles. The summed E-state index contributed by atoms with van der Waals surface area (Å²) in [7, 11) is 0. The first-order valence-electron chi connectivity index (χ1n) is 13.3. The molecule has 2 N–H and O–H groups in total. The first-order chi connectivity index (χ1) is 19.0. The normalized spacial score (nSPS) is 17.3. The first kappa shape index (κ1) is 24.9. The molecule has 198 valence electrons. The van der Waals surface area contributed by atoms with Gasteiger partial charge in [-0.05, 0) is 55.2 Å². The fraction of sp³-hybridized carbons (Fsp3) is 0.258. The van der Waals surface area contributed by atoms with Gasteiger partial charge in [0.1, 0.15) is 6.04 Å². The molecule has 2 aliphatic rings. The van der Waals surface area contributed by atoms with Gasteiger partial charge in [0.05, 0.1) is 12.1 Å². The number of nitrogens with zero attached hydrogens (tertiary/aromatic N) is 2. The van der Waals surface area contributed by atoms with E-state index in [4.69, 9.17) is 0 Å². The van der Waals surface area contributed by atoms with Crippen molar-refractivity contribution in [1.29, 1.82) is 0 Å². The Kier molecular flexibility index (Phi) is 6.60. The van der Waals surface area contributed by atoms with Crippen LogP contribution in [0.2, 0.25) is 0 Å². The standard InChI is InChI=1S/C31H29FN4O3/c32-29-24-19-22(33-31(39)26-8-4-17-36(26)28(38)18-20-6-2-1-3-7-20)12-15-25(24)34-30(29)21-10-13-23(14-11-21)35-16-5-9-27(35)37/h1-3,6-7,10-15,19,26,34H,4-5,8-9,16-18H2,(H,33,39)/t26-/m0/s1. The molecule has 3 aromatic carbocycles. The summed E-state index contributed by atoms with van der Waals surface area (Å²) < 4.78 is 15.5. The minimum absolute atomic E-state index is 0.0734. The van der Waals surface area contributed by atoms with E-state index in [1.807, 2.05) is 42.5 Å². The Labute approximate surface area is 225 Å². The number of aromatic nitrogens is 1. The van der Waals surface area contributed by atoms with Gasteiger partial charge in [-0.2, -0.15) is 0 Å². The van der Waals surface area contributed by atoms with Gasteiger partial charge in [-0.3, -0.25) is 14.4 Å². The lowest BCUT2D eigenvalue weighted by molar-refractivity contribution is -0.136. The molecule has 3 amide bonds. The highest BCUT2D eigenvalue weighted by molar-refractivity contribution is 6.00. The van der Waals surface area contributed by atoms with E-state index < -0.39 is 11.9 Å². The maximum absolute atomic E-state index is 15.5. The quantitative estimate of drug-likeness (QED) is 0.360. The monoisotopic (exact) mass is 524 g/mol. The zero-order valence-electron chi connectivity index (χ0n) is 21.5. The molecule has 0 unspecified atom stereocenters. The Morgan fingerprint density at radius 3 is 2.51 bits per heavy atom. The van der Waals surface area contributed by atoms with Crippen LogP contribution in [0.5, 0.6) is 0 Å². The highest BCUT2D eigenvalue weighted by Crippen LogP contribution is 2.32. The van der Waals surface area contributed by atoms with Gasteiger partial charge in [0.2, 0.25) is 17.7 Å². The molecular formula is C31H29FN4O3. The highest BCUT2D eigenvalue weighted by atomic mass is 19.1. The van der Waals surface area contributed by atoms with E-state index in [1.54, 1.807) is 40.1 Å². The average molecular weight is 525 g/mol. The molecule has 1 aromatic heterocycles. The Morgan fingerprint density at radius 1 is 0.974 bits per heavy atom. The number of H-pyrrole nitrogens is 1. The molecule has 0 spiro atoms. The molecule has 2 fully saturated rings. The molecule has 1 atom stereocenters. The number of halogens is 1. The van der Waals surface area contributed by atoms with Crippen molar-refractivity contribution < 1.29 is 18.8 Å². The second kappa shape index (κ2) is 10.4. The van der Waals surface area contributed by atoms with Gasteiger partial charge in [0.25, 0.3) is 0 Å². The van der Waals surface area contributed by atoms with Crippen molar-refractivity contribution in [3.05, 3.63) is 84.2 Å². The Balaban J connectivity index is 1.17. The molecule has 0 radical (unpaired) electrons. The molecule has 39 heavy (non-hydrogen) atoms. The number of hydrogen-bond donors (Lipinski definition) is 2. The van der Waals surface area contributed by atoms with Gasteiger partial charge in [0, 0.05) is 47.4 Å². The van der Waals surface area contributed by atoms with Gasteiger partial charge in [0.15, 0.2) is 5.82 Å². The van der Waals surface area contributed by atoms with Crippen LogP contribution in [0.3, 0.4) is 0 Å². The van der Waals surface area contributed by atoms with Crippen molar-refractivity contribution >= 4 is 40.0 Å². The van der Waals surface area contributed by atoms with Gasteiger partial charge in [-0.15, -0.1) is 0 Å². The number of benzene rings is 3. The van der Waals surface area contributed by atoms with Crippen LogP contribution in [-0.2, 0) is 20.8 Å². The second-order valence-electron chi connectivity index (χ2n) is 10.2. The molecule has 0 aliphatic carbocycles. The highest BCUT2D eigenvalue weighted by Gasteiger charge is 2.34. The number of anilines is 2. The van der Waals surface area contributed by atoms with Crippen LogP contribution in [0.15, 0.2) is 72.8 Å². The minimum Gasteiger partial charge on any atom is -0.352 e. The van der Waals surface area contributed by atoms with Gasteiger partial charge >= 0.3 is 0 Å². The molecule has 6 rings (SSSR count). The first-order valence-corrected chi connectivity index (χ1v) is 13.3. The van der Waals surface area contributed by atoms with Crippen LogP contribution in [0, 0.1) is 5.82 Å². The fourth-order valence-electron chi connectivity index (χ4n) is 5.60. The largest absolute Gasteiger partial charge is 0.352 e. The van der Waals surface area contributed by atoms with E-state index in [2.05, 4.69) is 10.3 Å². The van der Waals surface area contributed by atoms with Crippen LogP contribution in [0.1, 0.15) is 31.2 Å². The van der Waals surface area contributed by atoms with Crippen LogP contribution >= 0.6 is 0 Å². The fourth-order valence-corrected chi connectivity index (χ4v) is 5.60. The van der Waals surface area contributed by atoms with E-state index in [0.717, 1.165) is 24.1 Å². The summed E-state index contributed by atoms with van der Waals surface area (Å²) in [5.41, 5.74) is 3.83. The minimum atomic E-state index is -0.551. The molecular weight excluding hydrogens is 495 g/mol. The Bertz CT molecular complexity index is 1550. The van der Waals surface area contributed by atoms with Gasteiger partial charge < -0.3 is 20.1 Å². The smallest absolute Gasteiger partial charge is 0.247 e. The predicted molar refractivity (Wildman–Crippen MR) is 149 cm³/mol. The summed E-state index contributed by atoms with van der Waals surface area (Å²) in [6, 6.07) is 21.3. The maximum Gasteiger partial charge on any atom is 0.247 e. The summed E-state index contributed by atoms with van der Waals surface area (Å²) in [6.45, 7) is 1.25. The number of carbonyl (C=O) groups is 3. The van der Waals surface area contributed by atoms with Crippen molar-refractivity contribution in [2.24, 2.45) is 0 Å². The van der Waals surface area contributed by atoms with E-state index in [9.17, 15) is 14.4 Å². The SMILES string of the molecule is O=C(Nc1ccc2[nH]c(-c3ccc(N4CCCC4=O)cc3)c(F)c2c1)[C@@H]1CCCN1C(=O)Cc1ccccc1. The van der Waals surface area contributed by atoms with Crippen LogP contribution < -0.4 is 10.2 Å². The molecule has 7 nitrogen and oxygen atoms in total. The number of amides is 3. The number of carbonyl (C=O) groups excluding carboxylic acids is 3.